The second-order valence-electron chi connectivity index (χ2n) is 5.00. The molecule has 4 nitrogen and oxygen atoms in total. The highest BCUT2D eigenvalue weighted by molar-refractivity contribution is 7.89. The van der Waals surface area contributed by atoms with E-state index < -0.39 is 10.0 Å². The van der Waals surface area contributed by atoms with E-state index >= 15 is 0 Å². The quantitative estimate of drug-likeness (QED) is 0.836. The van der Waals surface area contributed by atoms with Crippen LogP contribution >= 0.6 is 11.6 Å². The van der Waals surface area contributed by atoms with E-state index in [2.05, 4.69) is 23.5 Å². The summed E-state index contributed by atoms with van der Waals surface area (Å²) in [6, 6.07) is 4.50. The molecule has 1 aromatic carbocycles. The van der Waals surface area contributed by atoms with Crippen molar-refractivity contribution in [2.75, 3.05) is 6.61 Å². The third kappa shape index (κ3) is 3.53. The summed E-state index contributed by atoms with van der Waals surface area (Å²) in [6.45, 7) is 1.84. The Morgan fingerprint density at radius 1 is 1.45 bits per heavy atom. The number of sulfonamides is 1. The van der Waals surface area contributed by atoms with E-state index in [9.17, 15) is 8.42 Å². The summed E-state index contributed by atoms with van der Waals surface area (Å²) in [5, 5.41) is 8.76. The van der Waals surface area contributed by atoms with Crippen molar-refractivity contribution in [2.45, 2.75) is 30.7 Å². The molecule has 1 aromatic rings. The van der Waals surface area contributed by atoms with Crippen LogP contribution in [0.2, 0.25) is 5.02 Å². The van der Waals surface area contributed by atoms with Crippen molar-refractivity contribution in [3.05, 3.63) is 28.8 Å². The van der Waals surface area contributed by atoms with Crippen molar-refractivity contribution < 1.29 is 13.5 Å². The van der Waals surface area contributed by atoms with Gasteiger partial charge < -0.3 is 5.11 Å². The van der Waals surface area contributed by atoms with Crippen LogP contribution in [0.25, 0.3) is 0 Å². The maximum absolute atomic E-state index is 12.2. The Kier molecular flexibility index (Phi) is 4.71. The zero-order valence-corrected chi connectivity index (χ0v) is 12.6. The van der Waals surface area contributed by atoms with Crippen molar-refractivity contribution in [3.63, 3.8) is 0 Å². The monoisotopic (exact) mass is 313 g/mol. The molecule has 0 atom stereocenters. The molecule has 0 bridgehead atoms. The number of hydrogen-bond acceptors (Lipinski definition) is 3. The van der Waals surface area contributed by atoms with E-state index in [1.165, 1.54) is 12.1 Å². The van der Waals surface area contributed by atoms with E-state index in [0.717, 1.165) is 12.8 Å². The van der Waals surface area contributed by atoms with Crippen LogP contribution in [0.5, 0.6) is 0 Å². The fraction of sp³-hybridized carbons (Fsp3) is 0.429. The van der Waals surface area contributed by atoms with Gasteiger partial charge in [0.05, 0.1) is 5.02 Å². The van der Waals surface area contributed by atoms with Gasteiger partial charge in [-0.05, 0) is 37.0 Å². The van der Waals surface area contributed by atoms with Gasteiger partial charge in [0.2, 0.25) is 10.0 Å². The van der Waals surface area contributed by atoms with Gasteiger partial charge in [-0.2, -0.15) is 0 Å². The van der Waals surface area contributed by atoms with Crippen LogP contribution in [0.15, 0.2) is 23.1 Å². The predicted octanol–water partition coefficient (Wildman–Crippen LogP) is 1.76. The number of rotatable bonds is 3. The lowest BCUT2D eigenvalue weighted by molar-refractivity contribution is 0.270. The van der Waals surface area contributed by atoms with Gasteiger partial charge >= 0.3 is 0 Å². The van der Waals surface area contributed by atoms with Gasteiger partial charge in [0, 0.05) is 11.6 Å². The molecule has 0 unspecified atom stereocenters. The van der Waals surface area contributed by atoms with Crippen LogP contribution in [0.4, 0.5) is 0 Å². The van der Waals surface area contributed by atoms with Crippen molar-refractivity contribution in [1.29, 1.82) is 0 Å². The Balaban J connectivity index is 2.19. The minimum Gasteiger partial charge on any atom is -0.384 e. The van der Waals surface area contributed by atoms with Crippen LogP contribution in [-0.2, 0) is 10.0 Å². The highest BCUT2D eigenvalue weighted by atomic mass is 35.5. The van der Waals surface area contributed by atoms with Crippen molar-refractivity contribution in [1.82, 2.24) is 4.72 Å². The molecule has 1 aliphatic carbocycles. The molecule has 2 rings (SSSR count). The normalized spacial score (nSPS) is 21.8. The molecule has 20 heavy (non-hydrogen) atoms. The summed E-state index contributed by atoms with van der Waals surface area (Å²) in [5.74, 6) is 5.73. The predicted molar refractivity (Wildman–Crippen MR) is 77.9 cm³/mol. The lowest BCUT2D eigenvalue weighted by Crippen LogP contribution is -2.43. The zero-order chi connectivity index (χ0) is 14.8. The molecule has 1 aliphatic rings. The first kappa shape index (κ1) is 15.3. The first-order valence-electron chi connectivity index (χ1n) is 6.34. The van der Waals surface area contributed by atoms with E-state index in [1.807, 2.05) is 0 Å². The summed E-state index contributed by atoms with van der Waals surface area (Å²) < 4.78 is 27.1. The molecule has 0 saturated heterocycles. The Labute approximate surface area is 124 Å². The summed E-state index contributed by atoms with van der Waals surface area (Å²) in [4.78, 5) is 0.0632. The molecule has 0 aliphatic heterocycles. The third-order valence-corrected chi connectivity index (χ3v) is 5.23. The number of nitrogens with one attached hydrogen (secondary N) is 1. The lowest BCUT2D eigenvalue weighted by Gasteiger charge is -2.32. The van der Waals surface area contributed by atoms with Crippen LogP contribution in [-0.4, -0.2) is 26.2 Å². The molecular formula is C14H16ClNO3S. The molecule has 0 aromatic heterocycles. The van der Waals surface area contributed by atoms with Gasteiger partial charge in [-0.25, -0.2) is 13.1 Å². The highest BCUT2D eigenvalue weighted by Crippen LogP contribution is 2.29. The summed E-state index contributed by atoms with van der Waals surface area (Å²) in [7, 11) is -3.59. The maximum atomic E-state index is 12.2. The molecule has 1 saturated carbocycles. The van der Waals surface area contributed by atoms with Crippen LogP contribution < -0.4 is 4.72 Å². The number of benzene rings is 1. The molecule has 108 valence electrons. The molecule has 1 fully saturated rings. The van der Waals surface area contributed by atoms with Crippen molar-refractivity contribution in [2.24, 2.45) is 5.92 Å². The van der Waals surface area contributed by atoms with E-state index in [1.54, 1.807) is 6.07 Å². The second kappa shape index (κ2) is 6.15. The van der Waals surface area contributed by atoms with E-state index in [-0.39, 0.29) is 22.6 Å². The van der Waals surface area contributed by atoms with Gasteiger partial charge in [0.15, 0.2) is 0 Å². The molecule has 0 radical (unpaired) electrons. The van der Waals surface area contributed by atoms with Crippen LogP contribution in [0.1, 0.15) is 25.3 Å². The van der Waals surface area contributed by atoms with Crippen LogP contribution in [0, 0.1) is 17.8 Å². The standard InChI is InChI=1S/C14H16ClNO3S/c1-10-7-12(8-10)16-20(18,19)14-5-4-11(3-2-6-17)9-13(14)15/h4-5,9-10,12,16-17H,6-8H2,1H3. The zero-order valence-electron chi connectivity index (χ0n) is 11.1. The van der Waals surface area contributed by atoms with Crippen molar-refractivity contribution in [3.8, 4) is 11.8 Å². The maximum Gasteiger partial charge on any atom is 0.242 e. The molecule has 2 N–H and O–H groups in total. The fourth-order valence-electron chi connectivity index (χ4n) is 2.22. The second-order valence-corrected chi connectivity index (χ2v) is 7.09. The third-order valence-electron chi connectivity index (χ3n) is 3.23. The summed E-state index contributed by atoms with van der Waals surface area (Å²) in [6.07, 6.45) is 1.72. The van der Waals surface area contributed by atoms with Crippen molar-refractivity contribution >= 4 is 21.6 Å². The summed E-state index contributed by atoms with van der Waals surface area (Å²) >= 11 is 6.02. The number of aliphatic hydroxyl groups is 1. The largest absolute Gasteiger partial charge is 0.384 e. The molecule has 0 spiro atoms. The first-order chi connectivity index (χ1) is 9.42. The number of hydrogen-bond donors (Lipinski definition) is 2. The van der Waals surface area contributed by atoms with Crippen LogP contribution in [0.3, 0.4) is 0 Å². The number of halogens is 1. The van der Waals surface area contributed by atoms with Gasteiger partial charge in [-0.3, -0.25) is 0 Å². The van der Waals surface area contributed by atoms with E-state index in [4.69, 9.17) is 16.7 Å². The summed E-state index contributed by atoms with van der Waals surface area (Å²) in [5.41, 5.74) is 0.570. The Hall–Kier alpha value is -1.06. The minimum absolute atomic E-state index is 0.0000706. The topological polar surface area (TPSA) is 66.4 Å². The molecular weight excluding hydrogens is 298 g/mol. The first-order valence-corrected chi connectivity index (χ1v) is 8.20. The smallest absolute Gasteiger partial charge is 0.242 e. The highest BCUT2D eigenvalue weighted by Gasteiger charge is 2.30. The van der Waals surface area contributed by atoms with Gasteiger partial charge in [-0.15, -0.1) is 0 Å². The molecule has 0 heterocycles. The van der Waals surface area contributed by atoms with Gasteiger partial charge in [0.1, 0.15) is 11.5 Å². The average molecular weight is 314 g/mol. The van der Waals surface area contributed by atoms with E-state index in [0.29, 0.717) is 11.5 Å². The van der Waals surface area contributed by atoms with Gasteiger partial charge in [-0.1, -0.05) is 30.4 Å². The number of aliphatic hydroxyl groups excluding tert-OH is 1. The lowest BCUT2D eigenvalue weighted by atomic mass is 9.83. The Morgan fingerprint density at radius 2 is 2.15 bits per heavy atom. The minimum atomic E-state index is -3.59. The SMILES string of the molecule is CC1CC(NS(=O)(=O)c2ccc(C#CCO)cc2Cl)C1. The molecule has 6 heteroatoms. The van der Waals surface area contributed by atoms with Gasteiger partial charge in [0.25, 0.3) is 0 Å². The Bertz CT molecular complexity index is 655. The fourth-order valence-corrected chi connectivity index (χ4v) is 4.03. The Morgan fingerprint density at radius 3 is 2.70 bits per heavy atom. The molecule has 0 amide bonds. The average Bonchev–Trinajstić information content (AvgIpc) is 2.34.